The lowest BCUT2D eigenvalue weighted by Gasteiger charge is -2.19. The smallest absolute Gasteiger partial charge is 0.251 e. The molecule has 1 heterocycles. The molecule has 4 rings (SSSR count). The molecule has 0 aliphatic carbocycles. The zero-order valence-corrected chi connectivity index (χ0v) is 18.3. The minimum Gasteiger partial charge on any atom is -0.497 e. The van der Waals surface area contributed by atoms with Crippen molar-refractivity contribution in [2.45, 2.75) is 39.3 Å². The zero-order chi connectivity index (χ0) is 21.8. The highest BCUT2D eigenvalue weighted by Gasteiger charge is 2.17. The van der Waals surface area contributed by atoms with Crippen LogP contribution in [0.4, 0.5) is 0 Å². The summed E-state index contributed by atoms with van der Waals surface area (Å²) in [4.78, 5) is 17.6. The van der Waals surface area contributed by atoms with Gasteiger partial charge in [0.1, 0.15) is 5.75 Å². The summed E-state index contributed by atoms with van der Waals surface area (Å²) in [6.07, 6.45) is 1.83. The minimum atomic E-state index is -0.0676. The van der Waals surface area contributed by atoms with Crippen LogP contribution in [0.5, 0.6) is 5.75 Å². The van der Waals surface area contributed by atoms with Gasteiger partial charge >= 0.3 is 0 Å². The zero-order valence-electron chi connectivity index (χ0n) is 18.3. The fourth-order valence-corrected chi connectivity index (χ4v) is 4.07. The van der Waals surface area contributed by atoms with Crippen LogP contribution in [-0.2, 0) is 6.54 Å². The van der Waals surface area contributed by atoms with Crippen LogP contribution in [0.25, 0.3) is 11.1 Å². The highest BCUT2D eigenvalue weighted by molar-refractivity contribution is 6.03. The summed E-state index contributed by atoms with van der Waals surface area (Å²) in [7, 11) is 1.66. The Balaban J connectivity index is 1.57. The van der Waals surface area contributed by atoms with E-state index in [9.17, 15) is 4.79 Å². The largest absolute Gasteiger partial charge is 0.497 e. The van der Waals surface area contributed by atoms with Gasteiger partial charge in [-0.3, -0.25) is 9.79 Å². The molecule has 1 aliphatic rings. The molecule has 0 aromatic heterocycles. The number of aliphatic imine (C=N–C) groups is 1. The first-order valence-electron chi connectivity index (χ1n) is 10.8. The Morgan fingerprint density at radius 3 is 2.68 bits per heavy atom. The van der Waals surface area contributed by atoms with Crippen molar-refractivity contribution in [1.82, 2.24) is 5.32 Å². The molecule has 31 heavy (non-hydrogen) atoms. The van der Waals surface area contributed by atoms with Crippen LogP contribution in [0.1, 0.15) is 59.8 Å². The van der Waals surface area contributed by atoms with Crippen LogP contribution in [0.3, 0.4) is 0 Å². The molecule has 0 radical (unpaired) electrons. The van der Waals surface area contributed by atoms with Gasteiger partial charge in [-0.1, -0.05) is 49.7 Å². The van der Waals surface area contributed by atoms with E-state index in [0.29, 0.717) is 5.56 Å². The van der Waals surface area contributed by atoms with Gasteiger partial charge in [0.15, 0.2) is 0 Å². The number of rotatable bonds is 7. The fraction of sp³-hybridized carbons (Fsp3) is 0.259. The Labute approximate surface area is 184 Å². The third-order valence-corrected chi connectivity index (χ3v) is 5.82. The minimum absolute atomic E-state index is 0.0601. The molecular formula is C27H28N2O2. The molecule has 0 fully saturated rings. The van der Waals surface area contributed by atoms with Gasteiger partial charge in [-0.25, -0.2) is 0 Å². The predicted molar refractivity (Wildman–Crippen MR) is 126 cm³/mol. The van der Waals surface area contributed by atoms with Gasteiger partial charge in [-0.2, -0.15) is 0 Å². The first-order valence-corrected chi connectivity index (χ1v) is 10.8. The van der Waals surface area contributed by atoms with Crippen molar-refractivity contribution in [3.63, 3.8) is 0 Å². The maximum Gasteiger partial charge on any atom is 0.251 e. The normalized spacial score (nSPS) is 13.3. The first-order chi connectivity index (χ1) is 15.1. The van der Waals surface area contributed by atoms with Gasteiger partial charge in [0, 0.05) is 16.8 Å². The molecule has 3 aromatic rings. The van der Waals surface area contributed by atoms with Crippen molar-refractivity contribution in [3.05, 3.63) is 89.0 Å². The number of methoxy groups -OCH3 is 1. The summed E-state index contributed by atoms with van der Waals surface area (Å²) in [6.45, 7) is 4.93. The summed E-state index contributed by atoms with van der Waals surface area (Å²) in [5.74, 6) is 0.729. The molecule has 0 bridgehead atoms. The monoisotopic (exact) mass is 412 g/mol. The van der Waals surface area contributed by atoms with Crippen LogP contribution in [0.15, 0.2) is 71.7 Å². The lowest BCUT2D eigenvalue weighted by molar-refractivity contribution is 0.0934. The Morgan fingerprint density at radius 2 is 1.87 bits per heavy atom. The predicted octanol–water partition coefficient (Wildman–Crippen LogP) is 5.96. The SMILES string of the molecule is CCCC(NC(=O)c1cccc(-c2ccc3c(c2)C(C)=NC3)c1)c1cccc(OC)c1. The van der Waals surface area contributed by atoms with Crippen molar-refractivity contribution >= 4 is 11.6 Å². The molecule has 1 N–H and O–H groups in total. The van der Waals surface area contributed by atoms with Gasteiger partial charge in [0.2, 0.25) is 0 Å². The average molecular weight is 413 g/mol. The summed E-state index contributed by atoms with van der Waals surface area (Å²) >= 11 is 0. The Morgan fingerprint density at radius 1 is 1.06 bits per heavy atom. The van der Waals surface area contributed by atoms with Crippen molar-refractivity contribution in [2.75, 3.05) is 7.11 Å². The van der Waals surface area contributed by atoms with Crippen molar-refractivity contribution < 1.29 is 9.53 Å². The number of benzene rings is 3. The molecule has 3 aromatic carbocycles. The van der Waals surface area contributed by atoms with E-state index in [0.717, 1.165) is 47.5 Å². The lowest BCUT2D eigenvalue weighted by atomic mass is 9.97. The molecule has 0 saturated heterocycles. The number of carbonyl (C=O) groups is 1. The molecular weight excluding hydrogens is 384 g/mol. The van der Waals surface area contributed by atoms with Gasteiger partial charge in [0.05, 0.1) is 19.7 Å². The van der Waals surface area contributed by atoms with E-state index >= 15 is 0 Å². The highest BCUT2D eigenvalue weighted by atomic mass is 16.5. The van der Waals surface area contributed by atoms with Crippen LogP contribution in [-0.4, -0.2) is 18.7 Å². The highest BCUT2D eigenvalue weighted by Crippen LogP contribution is 2.28. The Hall–Kier alpha value is -3.40. The summed E-state index contributed by atoms with van der Waals surface area (Å²) < 4.78 is 5.36. The second kappa shape index (κ2) is 9.17. The first kappa shape index (κ1) is 20.9. The number of hydrogen-bond donors (Lipinski definition) is 1. The molecule has 1 unspecified atom stereocenters. The van der Waals surface area contributed by atoms with E-state index in [2.05, 4.69) is 35.4 Å². The van der Waals surface area contributed by atoms with Gasteiger partial charge in [-0.15, -0.1) is 0 Å². The van der Waals surface area contributed by atoms with Crippen LogP contribution >= 0.6 is 0 Å². The van der Waals surface area contributed by atoms with E-state index in [4.69, 9.17) is 4.74 Å². The summed E-state index contributed by atoms with van der Waals surface area (Å²) in [5, 5.41) is 3.22. The van der Waals surface area contributed by atoms with E-state index in [1.54, 1.807) is 7.11 Å². The van der Waals surface area contributed by atoms with E-state index in [-0.39, 0.29) is 11.9 Å². The number of fused-ring (bicyclic) bond motifs is 1. The third kappa shape index (κ3) is 4.53. The van der Waals surface area contributed by atoms with Gasteiger partial charge in [0.25, 0.3) is 5.91 Å². The molecule has 0 saturated carbocycles. The summed E-state index contributed by atoms with van der Waals surface area (Å²) in [5.41, 5.74) is 7.38. The van der Waals surface area contributed by atoms with E-state index in [1.807, 2.05) is 55.5 Å². The molecule has 158 valence electrons. The number of nitrogens with one attached hydrogen (secondary N) is 1. The van der Waals surface area contributed by atoms with E-state index in [1.165, 1.54) is 11.1 Å². The number of hydrogen-bond acceptors (Lipinski definition) is 3. The maximum atomic E-state index is 13.1. The van der Waals surface area contributed by atoms with Crippen molar-refractivity contribution in [2.24, 2.45) is 4.99 Å². The topological polar surface area (TPSA) is 50.7 Å². The van der Waals surface area contributed by atoms with Crippen molar-refractivity contribution in [3.8, 4) is 16.9 Å². The maximum absolute atomic E-state index is 13.1. The second-order valence-electron chi connectivity index (χ2n) is 7.95. The molecule has 1 atom stereocenters. The van der Waals surface area contributed by atoms with E-state index < -0.39 is 0 Å². The third-order valence-electron chi connectivity index (χ3n) is 5.82. The quantitative estimate of drug-likeness (QED) is 0.521. The summed E-state index contributed by atoms with van der Waals surface area (Å²) in [6, 6.07) is 22.1. The number of nitrogens with zero attached hydrogens (tertiary/aromatic N) is 1. The second-order valence-corrected chi connectivity index (χ2v) is 7.95. The van der Waals surface area contributed by atoms with Gasteiger partial charge < -0.3 is 10.1 Å². The molecule has 0 spiro atoms. The molecule has 4 heteroatoms. The Kier molecular flexibility index (Phi) is 6.17. The van der Waals surface area contributed by atoms with Crippen molar-refractivity contribution in [1.29, 1.82) is 0 Å². The standard InChI is InChI=1S/C27H28N2O2/c1-4-7-26(21-9-6-11-24(15-21)31-3)29-27(30)22-10-5-8-19(14-22)20-12-13-23-17-28-18(2)25(23)16-20/h5-6,8-16,26H,4,7,17H2,1-3H3,(H,29,30). The molecule has 1 amide bonds. The molecule has 1 aliphatic heterocycles. The van der Waals surface area contributed by atoms with Crippen LogP contribution in [0.2, 0.25) is 0 Å². The molecule has 4 nitrogen and oxygen atoms in total. The number of carbonyl (C=O) groups excluding carboxylic acids is 1. The number of ether oxygens (including phenoxy) is 1. The number of amides is 1. The van der Waals surface area contributed by atoms with Crippen LogP contribution in [0, 0.1) is 0 Å². The Bertz CT molecular complexity index is 1130. The van der Waals surface area contributed by atoms with Crippen LogP contribution < -0.4 is 10.1 Å². The lowest BCUT2D eigenvalue weighted by Crippen LogP contribution is -2.28. The average Bonchev–Trinajstić information content (AvgIpc) is 3.19. The van der Waals surface area contributed by atoms with Gasteiger partial charge in [-0.05, 0) is 65.9 Å². The fourth-order valence-electron chi connectivity index (χ4n) is 4.07.